The Morgan fingerprint density at radius 2 is 2.07 bits per heavy atom. The molecule has 2 heterocycles. The van der Waals surface area contributed by atoms with E-state index in [0.29, 0.717) is 18.3 Å². The molecule has 0 radical (unpaired) electrons. The summed E-state index contributed by atoms with van der Waals surface area (Å²) in [6.45, 7) is 2.67. The summed E-state index contributed by atoms with van der Waals surface area (Å²) < 4.78 is 18.5. The van der Waals surface area contributed by atoms with Crippen molar-refractivity contribution < 1.29 is 13.7 Å². The maximum absolute atomic E-state index is 13.1. The predicted octanol–water partition coefficient (Wildman–Crippen LogP) is 4.09. The van der Waals surface area contributed by atoms with Crippen molar-refractivity contribution in [3.05, 3.63) is 71.4 Å². The molecule has 1 aromatic heterocycles. The van der Waals surface area contributed by atoms with Gasteiger partial charge in [0.1, 0.15) is 11.9 Å². The third-order valence-corrected chi connectivity index (χ3v) is 4.84. The number of hydrogen-bond donors (Lipinski definition) is 0. The molecule has 5 nitrogen and oxygen atoms in total. The van der Waals surface area contributed by atoms with E-state index in [0.717, 1.165) is 29.5 Å². The topological polar surface area (TPSA) is 59.2 Å². The highest BCUT2D eigenvalue weighted by atomic mass is 19.1. The number of amides is 1. The summed E-state index contributed by atoms with van der Waals surface area (Å²) in [7, 11) is 0. The van der Waals surface area contributed by atoms with E-state index < -0.39 is 0 Å². The van der Waals surface area contributed by atoms with Crippen LogP contribution in [0.2, 0.25) is 0 Å². The van der Waals surface area contributed by atoms with Gasteiger partial charge in [-0.1, -0.05) is 41.1 Å². The van der Waals surface area contributed by atoms with Gasteiger partial charge in [0, 0.05) is 12.1 Å². The minimum atomic E-state index is -0.306. The number of benzene rings is 2. The van der Waals surface area contributed by atoms with Gasteiger partial charge in [-0.25, -0.2) is 4.39 Å². The highest BCUT2D eigenvalue weighted by Gasteiger charge is 2.34. The first-order valence-corrected chi connectivity index (χ1v) is 9.05. The lowest BCUT2D eigenvalue weighted by Crippen LogP contribution is -2.32. The molecule has 0 saturated carbocycles. The smallest absolute Gasteiger partial charge is 0.249 e. The maximum Gasteiger partial charge on any atom is 0.249 e. The van der Waals surface area contributed by atoms with Gasteiger partial charge in [0.2, 0.25) is 17.6 Å². The van der Waals surface area contributed by atoms with Crippen LogP contribution in [0.15, 0.2) is 53.1 Å². The standard InChI is InChI=1S/C21H20FN3O2/c1-14-4-2-5-16(12-14)20-23-21(27-24-20)18-6-3-11-25(18)19(26)13-15-7-9-17(22)10-8-15/h2,4-5,7-10,12,18H,3,6,11,13H2,1H3. The number of aromatic nitrogens is 2. The lowest BCUT2D eigenvalue weighted by atomic mass is 10.1. The Labute approximate surface area is 156 Å². The Morgan fingerprint density at radius 1 is 1.26 bits per heavy atom. The van der Waals surface area contributed by atoms with Gasteiger partial charge in [0.25, 0.3) is 0 Å². The average molecular weight is 365 g/mol. The van der Waals surface area contributed by atoms with Crippen molar-refractivity contribution >= 4 is 5.91 Å². The quantitative estimate of drug-likeness (QED) is 0.699. The fourth-order valence-corrected chi connectivity index (χ4v) is 3.47. The van der Waals surface area contributed by atoms with Crippen molar-refractivity contribution in [3.63, 3.8) is 0 Å². The van der Waals surface area contributed by atoms with Gasteiger partial charge in [-0.15, -0.1) is 0 Å². The van der Waals surface area contributed by atoms with Crippen LogP contribution < -0.4 is 0 Å². The van der Waals surface area contributed by atoms with Gasteiger partial charge in [0.05, 0.1) is 6.42 Å². The van der Waals surface area contributed by atoms with Crippen molar-refractivity contribution in [2.24, 2.45) is 0 Å². The normalized spacial score (nSPS) is 16.7. The molecule has 1 fully saturated rings. The lowest BCUT2D eigenvalue weighted by Gasteiger charge is -2.21. The third-order valence-electron chi connectivity index (χ3n) is 4.84. The zero-order valence-corrected chi connectivity index (χ0v) is 15.1. The fraction of sp³-hybridized carbons (Fsp3) is 0.286. The minimum Gasteiger partial charge on any atom is -0.337 e. The number of halogens is 1. The van der Waals surface area contributed by atoms with Crippen LogP contribution in [0.1, 0.15) is 35.9 Å². The molecule has 0 aliphatic carbocycles. The molecule has 1 aliphatic rings. The van der Waals surface area contributed by atoms with Crippen LogP contribution in [0.4, 0.5) is 4.39 Å². The summed E-state index contributed by atoms with van der Waals surface area (Å²) >= 11 is 0. The Kier molecular flexibility index (Phi) is 4.71. The molecule has 4 rings (SSSR count). The molecule has 0 N–H and O–H groups in total. The second-order valence-corrected chi connectivity index (χ2v) is 6.87. The maximum atomic E-state index is 13.1. The second-order valence-electron chi connectivity index (χ2n) is 6.87. The highest BCUT2D eigenvalue weighted by Crippen LogP contribution is 2.32. The summed E-state index contributed by atoms with van der Waals surface area (Å²) in [5.41, 5.74) is 2.81. The van der Waals surface area contributed by atoms with Gasteiger partial charge in [-0.05, 0) is 43.5 Å². The number of aryl methyl sites for hydroxylation is 1. The number of carbonyl (C=O) groups is 1. The molecule has 1 saturated heterocycles. The minimum absolute atomic E-state index is 0.0144. The van der Waals surface area contributed by atoms with Crippen molar-refractivity contribution in [3.8, 4) is 11.4 Å². The van der Waals surface area contributed by atoms with Gasteiger partial charge < -0.3 is 9.42 Å². The summed E-state index contributed by atoms with van der Waals surface area (Å²) in [6, 6.07) is 13.7. The van der Waals surface area contributed by atoms with E-state index in [1.807, 2.05) is 31.2 Å². The number of rotatable bonds is 4. The van der Waals surface area contributed by atoms with Crippen LogP contribution in [0, 0.1) is 12.7 Å². The van der Waals surface area contributed by atoms with Gasteiger partial charge in [0.15, 0.2) is 0 Å². The highest BCUT2D eigenvalue weighted by molar-refractivity contribution is 5.79. The van der Waals surface area contributed by atoms with Crippen LogP contribution in [0.5, 0.6) is 0 Å². The van der Waals surface area contributed by atoms with Crippen molar-refractivity contribution in [2.75, 3.05) is 6.54 Å². The van der Waals surface area contributed by atoms with Crippen LogP contribution in [0.25, 0.3) is 11.4 Å². The van der Waals surface area contributed by atoms with Crippen LogP contribution in [-0.2, 0) is 11.2 Å². The van der Waals surface area contributed by atoms with E-state index in [1.54, 1.807) is 17.0 Å². The van der Waals surface area contributed by atoms with Crippen molar-refractivity contribution in [1.29, 1.82) is 0 Å². The molecule has 27 heavy (non-hydrogen) atoms. The summed E-state index contributed by atoms with van der Waals surface area (Å²) in [5.74, 6) is 0.683. The third kappa shape index (κ3) is 3.74. The van der Waals surface area contributed by atoms with Crippen LogP contribution in [-0.4, -0.2) is 27.5 Å². The predicted molar refractivity (Wildman–Crippen MR) is 98.3 cm³/mol. The first kappa shape index (κ1) is 17.4. The molecular weight excluding hydrogens is 345 g/mol. The Hall–Kier alpha value is -3.02. The van der Waals surface area contributed by atoms with Gasteiger partial charge in [-0.3, -0.25) is 4.79 Å². The SMILES string of the molecule is Cc1cccc(-c2noc(C3CCCN3C(=O)Cc3ccc(F)cc3)n2)c1. The summed E-state index contributed by atoms with van der Waals surface area (Å²) in [4.78, 5) is 19.1. The van der Waals surface area contributed by atoms with E-state index in [4.69, 9.17) is 4.52 Å². The molecule has 6 heteroatoms. The monoisotopic (exact) mass is 365 g/mol. The molecule has 138 valence electrons. The van der Waals surface area contributed by atoms with E-state index in [9.17, 15) is 9.18 Å². The van der Waals surface area contributed by atoms with E-state index in [2.05, 4.69) is 10.1 Å². The zero-order chi connectivity index (χ0) is 18.8. The van der Waals surface area contributed by atoms with E-state index in [-0.39, 0.29) is 24.2 Å². The van der Waals surface area contributed by atoms with Crippen LogP contribution >= 0.6 is 0 Å². The van der Waals surface area contributed by atoms with Crippen LogP contribution in [0.3, 0.4) is 0 Å². The molecule has 1 atom stereocenters. The second kappa shape index (κ2) is 7.31. The number of likely N-dealkylation sites (tertiary alicyclic amines) is 1. The first-order valence-electron chi connectivity index (χ1n) is 9.05. The zero-order valence-electron chi connectivity index (χ0n) is 15.1. The molecule has 1 aliphatic heterocycles. The van der Waals surface area contributed by atoms with Crippen molar-refractivity contribution in [1.82, 2.24) is 15.0 Å². The average Bonchev–Trinajstić information content (AvgIpc) is 3.33. The Bertz CT molecular complexity index is 952. The molecule has 3 aromatic rings. The summed E-state index contributed by atoms with van der Waals surface area (Å²) in [5, 5.41) is 4.09. The Morgan fingerprint density at radius 3 is 2.85 bits per heavy atom. The fourth-order valence-electron chi connectivity index (χ4n) is 3.47. The van der Waals surface area contributed by atoms with Crippen molar-refractivity contribution in [2.45, 2.75) is 32.2 Å². The van der Waals surface area contributed by atoms with E-state index in [1.165, 1.54) is 12.1 Å². The largest absolute Gasteiger partial charge is 0.337 e. The molecule has 2 aromatic carbocycles. The lowest BCUT2D eigenvalue weighted by molar-refractivity contribution is -0.131. The number of carbonyl (C=O) groups excluding carboxylic acids is 1. The van der Waals surface area contributed by atoms with Gasteiger partial charge in [-0.2, -0.15) is 4.98 Å². The number of hydrogen-bond acceptors (Lipinski definition) is 4. The first-order chi connectivity index (χ1) is 13.1. The molecular formula is C21H20FN3O2. The Balaban J connectivity index is 1.51. The molecule has 0 spiro atoms. The summed E-state index contributed by atoms with van der Waals surface area (Å²) in [6.07, 6.45) is 1.92. The number of nitrogens with zero attached hydrogens (tertiary/aromatic N) is 3. The molecule has 1 amide bonds. The molecule has 1 unspecified atom stereocenters. The van der Waals surface area contributed by atoms with Gasteiger partial charge >= 0.3 is 0 Å². The van der Waals surface area contributed by atoms with E-state index >= 15 is 0 Å². The molecule has 0 bridgehead atoms.